The molecule has 1 aromatic carbocycles. The average Bonchev–Trinajstić information content (AvgIpc) is 3.39. The van der Waals surface area contributed by atoms with Gasteiger partial charge in [0.1, 0.15) is 0 Å². The Hall–Kier alpha value is -2.94. The van der Waals surface area contributed by atoms with E-state index in [1.807, 2.05) is 50.4 Å². The second kappa shape index (κ2) is 7.47. The third kappa shape index (κ3) is 4.09. The summed E-state index contributed by atoms with van der Waals surface area (Å²) in [5, 5.41) is 11.6. The van der Waals surface area contributed by atoms with Crippen LogP contribution in [-0.4, -0.2) is 45.4 Å². The highest BCUT2D eigenvalue weighted by molar-refractivity contribution is 7.91. The molecule has 0 radical (unpaired) electrons. The number of nitrogens with zero attached hydrogens (tertiary/aromatic N) is 4. The maximum absolute atomic E-state index is 12.6. The number of hydrogen-bond donors (Lipinski definition) is 1. The van der Waals surface area contributed by atoms with Crippen LogP contribution >= 0.6 is 0 Å². The molecule has 0 saturated carbocycles. The van der Waals surface area contributed by atoms with Gasteiger partial charge in [0.15, 0.2) is 9.84 Å². The Labute approximate surface area is 169 Å². The summed E-state index contributed by atoms with van der Waals surface area (Å²) < 4.78 is 27.1. The largest absolute Gasteiger partial charge is 0.326 e. The lowest BCUT2D eigenvalue weighted by atomic mass is 10.1. The molecule has 1 unspecified atom stereocenters. The molecule has 1 amide bonds. The number of anilines is 1. The number of carbonyl (C=O) groups is 1. The third-order valence-corrected chi connectivity index (χ3v) is 7.04. The van der Waals surface area contributed by atoms with E-state index in [0.717, 1.165) is 22.6 Å². The van der Waals surface area contributed by atoms with Crippen LogP contribution in [0, 0.1) is 13.8 Å². The second-order valence-corrected chi connectivity index (χ2v) is 9.60. The fourth-order valence-electron chi connectivity index (χ4n) is 3.76. The first-order chi connectivity index (χ1) is 13.8. The summed E-state index contributed by atoms with van der Waals surface area (Å²) in [6.45, 7) is 3.75. The molecule has 4 rings (SSSR count). The number of hydrogen-bond acceptors (Lipinski definition) is 5. The van der Waals surface area contributed by atoms with Crippen LogP contribution in [0.4, 0.5) is 5.69 Å². The van der Waals surface area contributed by atoms with Gasteiger partial charge in [-0.3, -0.25) is 9.48 Å². The molecule has 1 aliphatic heterocycles. The van der Waals surface area contributed by atoms with Crippen molar-refractivity contribution in [1.82, 2.24) is 19.6 Å². The zero-order valence-corrected chi connectivity index (χ0v) is 17.2. The first-order valence-electron chi connectivity index (χ1n) is 9.47. The number of nitrogens with one attached hydrogen (secondary N) is 1. The molecule has 1 saturated heterocycles. The van der Waals surface area contributed by atoms with Gasteiger partial charge in [-0.05, 0) is 50.6 Å². The first-order valence-corrected chi connectivity index (χ1v) is 11.3. The monoisotopic (exact) mass is 413 g/mol. The Morgan fingerprint density at radius 3 is 2.62 bits per heavy atom. The fraction of sp³-hybridized carbons (Fsp3) is 0.350. The topological polar surface area (TPSA) is 98.9 Å². The highest BCUT2D eigenvalue weighted by Crippen LogP contribution is 2.27. The third-order valence-electron chi connectivity index (χ3n) is 5.29. The number of aromatic nitrogens is 4. The average molecular weight is 414 g/mol. The number of sulfone groups is 1. The van der Waals surface area contributed by atoms with Crippen LogP contribution < -0.4 is 5.32 Å². The van der Waals surface area contributed by atoms with E-state index < -0.39 is 9.84 Å². The lowest BCUT2D eigenvalue weighted by Crippen LogP contribution is -2.16. The maximum atomic E-state index is 12.6. The molecule has 8 nitrogen and oxygen atoms in total. The van der Waals surface area contributed by atoms with E-state index in [-0.39, 0.29) is 29.9 Å². The predicted molar refractivity (Wildman–Crippen MR) is 110 cm³/mol. The molecule has 3 heterocycles. The predicted octanol–water partition coefficient (Wildman–Crippen LogP) is 2.23. The van der Waals surface area contributed by atoms with Crippen molar-refractivity contribution in [3.05, 3.63) is 59.7 Å². The van der Waals surface area contributed by atoms with Crippen LogP contribution in [0.3, 0.4) is 0 Å². The van der Waals surface area contributed by atoms with Gasteiger partial charge in [-0.1, -0.05) is 0 Å². The summed E-state index contributed by atoms with van der Waals surface area (Å²) in [4.78, 5) is 12.6. The van der Waals surface area contributed by atoms with E-state index in [2.05, 4.69) is 15.5 Å². The van der Waals surface area contributed by atoms with Crippen LogP contribution in [-0.2, 0) is 21.1 Å². The van der Waals surface area contributed by atoms with Crippen molar-refractivity contribution in [3.8, 4) is 5.69 Å². The zero-order chi connectivity index (χ0) is 20.6. The van der Waals surface area contributed by atoms with Gasteiger partial charge in [0.2, 0.25) is 5.91 Å². The summed E-state index contributed by atoms with van der Waals surface area (Å²) >= 11 is 0. The normalized spacial score (nSPS) is 18.1. The van der Waals surface area contributed by atoms with Gasteiger partial charge in [0.05, 0.1) is 35.3 Å². The van der Waals surface area contributed by atoms with Crippen molar-refractivity contribution in [3.63, 3.8) is 0 Å². The number of benzene rings is 1. The number of rotatable bonds is 5. The summed E-state index contributed by atoms with van der Waals surface area (Å²) in [5.74, 6) is 0.172. The van der Waals surface area contributed by atoms with Crippen molar-refractivity contribution < 1.29 is 13.2 Å². The lowest BCUT2D eigenvalue weighted by Gasteiger charge is -2.11. The molecule has 1 atom stereocenters. The van der Waals surface area contributed by atoms with E-state index in [0.29, 0.717) is 12.1 Å². The molecule has 2 aromatic heterocycles. The Kier molecular flexibility index (Phi) is 4.99. The Bertz CT molecular complexity index is 1130. The van der Waals surface area contributed by atoms with E-state index in [9.17, 15) is 13.2 Å². The van der Waals surface area contributed by atoms with Gasteiger partial charge in [0, 0.05) is 29.3 Å². The van der Waals surface area contributed by atoms with E-state index in [1.54, 1.807) is 15.6 Å². The highest BCUT2D eigenvalue weighted by atomic mass is 32.2. The van der Waals surface area contributed by atoms with Gasteiger partial charge in [-0.2, -0.15) is 10.2 Å². The van der Waals surface area contributed by atoms with Crippen LogP contribution in [0.25, 0.3) is 5.69 Å². The van der Waals surface area contributed by atoms with E-state index in [1.165, 1.54) is 0 Å². The molecule has 1 fully saturated rings. The van der Waals surface area contributed by atoms with Crippen molar-refractivity contribution in [1.29, 1.82) is 0 Å². The minimum atomic E-state index is -2.99. The molecule has 1 N–H and O–H groups in total. The molecule has 0 aliphatic carbocycles. The molecule has 152 valence electrons. The van der Waals surface area contributed by atoms with Crippen molar-refractivity contribution >= 4 is 21.4 Å². The molecule has 0 bridgehead atoms. The standard InChI is InChI=1S/C20H23N5O3S/c1-14-19(15(2)25(23-14)18-8-11-29(27,28)13-18)12-20(26)22-16-4-6-17(7-5-16)24-10-3-9-21-24/h3-7,9-10,18H,8,11-13H2,1-2H3,(H,22,26). The number of carbonyl (C=O) groups excluding carboxylic acids is 1. The van der Waals surface area contributed by atoms with Crippen molar-refractivity contribution in [2.75, 3.05) is 16.8 Å². The Balaban J connectivity index is 1.45. The van der Waals surface area contributed by atoms with Crippen molar-refractivity contribution in [2.45, 2.75) is 32.7 Å². The minimum Gasteiger partial charge on any atom is -0.326 e. The van der Waals surface area contributed by atoms with Crippen LogP contribution in [0.5, 0.6) is 0 Å². The summed E-state index contributed by atoms with van der Waals surface area (Å²) in [6.07, 6.45) is 4.32. The SMILES string of the molecule is Cc1nn(C2CCS(=O)(=O)C2)c(C)c1CC(=O)Nc1ccc(-n2cccn2)cc1. The molecule has 1 aliphatic rings. The Morgan fingerprint density at radius 2 is 2.00 bits per heavy atom. The number of amides is 1. The zero-order valence-electron chi connectivity index (χ0n) is 16.4. The van der Waals surface area contributed by atoms with Gasteiger partial charge < -0.3 is 5.32 Å². The van der Waals surface area contributed by atoms with Crippen molar-refractivity contribution in [2.24, 2.45) is 0 Å². The van der Waals surface area contributed by atoms with Gasteiger partial charge >= 0.3 is 0 Å². The molecular formula is C20H23N5O3S. The lowest BCUT2D eigenvalue weighted by molar-refractivity contribution is -0.115. The van der Waals surface area contributed by atoms with Crippen LogP contribution in [0.2, 0.25) is 0 Å². The van der Waals surface area contributed by atoms with Gasteiger partial charge in [0.25, 0.3) is 0 Å². The molecule has 29 heavy (non-hydrogen) atoms. The fourth-order valence-corrected chi connectivity index (χ4v) is 5.45. The van der Waals surface area contributed by atoms with E-state index in [4.69, 9.17) is 0 Å². The molecular weight excluding hydrogens is 390 g/mol. The first kappa shape index (κ1) is 19.4. The van der Waals surface area contributed by atoms with Gasteiger partial charge in [-0.15, -0.1) is 0 Å². The van der Waals surface area contributed by atoms with Crippen LogP contribution in [0.1, 0.15) is 29.4 Å². The molecule has 0 spiro atoms. The molecule has 9 heteroatoms. The van der Waals surface area contributed by atoms with Gasteiger partial charge in [-0.25, -0.2) is 13.1 Å². The quantitative estimate of drug-likeness (QED) is 0.692. The maximum Gasteiger partial charge on any atom is 0.228 e. The highest BCUT2D eigenvalue weighted by Gasteiger charge is 2.31. The summed E-state index contributed by atoms with van der Waals surface area (Å²) in [7, 11) is -2.99. The minimum absolute atomic E-state index is 0.114. The molecule has 3 aromatic rings. The second-order valence-electron chi connectivity index (χ2n) is 7.37. The van der Waals surface area contributed by atoms with Crippen LogP contribution in [0.15, 0.2) is 42.7 Å². The number of aryl methyl sites for hydroxylation is 1. The smallest absolute Gasteiger partial charge is 0.228 e. The van der Waals surface area contributed by atoms with E-state index >= 15 is 0 Å². The summed E-state index contributed by atoms with van der Waals surface area (Å²) in [6, 6.07) is 9.14. The summed E-state index contributed by atoms with van der Waals surface area (Å²) in [5.41, 5.74) is 4.08. The Morgan fingerprint density at radius 1 is 1.24 bits per heavy atom.